The first-order valence-corrected chi connectivity index (χ1v) is 8.89. The molecule has 1 N–H and O–H groups in total. The van der Waals surface area contributed by atoms with Gasteiger partial charge in [0.1, 0.15) is 5.76 Å². The third-order valence-electron chi connectivity index (χ3n) is 3.99. The van der Waals surface area contributed by atoms with Crippen LogP contribution in [0.3, 0.4) is 0 Å². The molecule has 0 atom stereocenters. The molecular weight excluding hydrogens is 334 g/mol. The Labute approximate surface area is 150 Å². The molecule has 0 aliphatic carbocycles. The van der Waals surface area contributed by atoms with Gasteiger partial charge < -0.3 is 14.7 Å². The number of carbonyl (C=O) groups excluding carboxylic acids is 1. The molecule has 2 heterocycles. The van der Waals surface area contributed by atoms with Gasteiger partial charge >= 0.3 is 0 Å². The van der Waals surface area contributed by atoms with E-state index >= 15 is 0 Å². The molecule has 25 heavy (non-hydrogen) atoms. The Hall–Kier alpha value is -2.73. The van der Waals surface area contributed by atoms with Crippen LogP contribution in [-0.2, 0) is 4.79 Å². The predicted octanol–water partition coefficient (Wildman–Crippen LogP) is 4.61. The van der Waals surface area contributed by atoms with Gasteiger partial charge in [0.05, 0.1) is 11.4 Å². The van der Waals surface area contributed by atoms with E-state index in [4.69, 9.17) is 4.52 Å². The zero-order valence-corrected chi connectivity index (χ0v) is 14.5. The zero-order chi connectivity index (χ0) is 17.2. The molecule has 1 aliphatic rings. The van der Waals surface area contributed by atoms with E-state index in [0.29, 0.717) is 24.5 Å². The van der Waals surface area contributed by atoms with E-state index in [9.17, 15) is 4.79 Å². The standard InChI is InChI=1S/C19H17N3O2S/c1-13-12-18(21-24-13)20-19(23)10-11-22-14-6-2-4-8-16(14)25-17-9-5-3-7-15(17)22/h2-9,12H,10-11H2,1H3,(H,20,21,23). The predicted molar refractivity (Wildman–Crippen MR) is 98.5 cm³/mol. The van der Waals surface area contributed by atoms with Crippen LogP contribution in [-0.4, -0.2) is 17.6 Å². The van der Waals surface area contributed by atoms with Crippen LogP contribution < -0.4 is 10.2 Å². The summed E-state index contributed by atoms with van der Waals surface area (Å²) in [4.78, 5) is 16.9. The average molecular weight is 351 g/mol. The molecule has 0 radical (unpaired) electrons. The summed E-state index contributed by atoms with van der Waals surface area (Å²) in [6.45, 7) is 2.39. The molecule has 0 saturated heterocycles. The molecule has 1 aromatic heterocycles. The summed E-state index contributed by atoms with van der Waals surface area (Å²) in [6.07, 6.45) is 0.360. The highest BCUT2D eigenvalue weighted by molar-refractivity contribution is 7.99. The average Bonchev–Trinajstić information content (AvgIpc) is 3.03. The summed E-state index contributed by atoms with van der Waals surface area (Å²) in [7, 11) is 0. The van der Waals surface area contributed by atoms with Crippen LogP contribution in [0, 0.1) is 6.92 Å². The third kappa shape index (κ3) is 3.25. The lowest BCUT2D eigenvalue weighted by atomic mass is 10.2. The van der Waals surface area contributed by atoms with Crippen molar-refractivity contribution in [2.45, 2.75) is 23.1 Å². The van der Waals surface area contributed by atoms with Gasteiger partial charge in [0.25, 0.3) is 0 Å². The number of rotatable bonds is 4. The van der Waals surface area contributed by atoms with Crippen LogP contribution in [0.25, 0.3) is 0 Å². The van der Waals surface area contributed by atoms with Gasteiger partial charge in [-0.25, -0.2) is 0 Å². The van der Waals surface area contributed by atoms with Gasteiger partial charge in [-0.15, -0.1) is 0 Å². The fourth-order valence-electron chi connectivity index (χ4n) is 2.87. The lowest BCUT2D eigenvalue weighted by Gasteiger charge is -2.32. The number of anilines is 3. The number of aromatic nitrogens is 1. The van der Waals surface area contributed by atoms with Crippen molar-refractivity contribution >= 4 is 34.9 Å². The molecule has 1 aliphatic heterocycles. The van der Waals surface area contributed by atoms with Crippen molar-refractivity contribution < 1.29 is 9.32 Å². The summed E-state index contributed by atoms with van der Waals surface area (Å²) < 4.78 is 4.97. The number of benzene rings is 2. The second kappa shape index (κ2) is 6.64. The lowest BCUT2D eigenvalue weighted by Crippen LogP contribution is -2.25. The number of carbonyl (C=O) groups is 1. The number of aryl methyl sites for hydroxylation is 1. The van der Waals surface area contributed by atoms with Crippen molar-refractivity contribution in [3.63, 3.8) is 0 Å². The van der Waals surface area contributed by atoms with Crippen molar-refractivity contribution in [1.82, 2.24) is 5.16 Å². The second-order valence-corrected chi connectivity index (χ2v) is 6.89. The maximum atomic E-state index is 12.3. The summed E-state index contributed by atoms with van der Waals surface area (Å²) in [5.74, 6) is 1.05. The van der Waals surface area contributed by atoms with Crippen molar-refractivity contribution in [3.05, 3.63) is 60.4 Å². The summed E-state index contributed by atoms with van der Waals surface area (Å²) in [6, 6.07) is 18.3. The molecule has 1 amide bonds. The van der Waals surface area contributed by atoms with Crippen molar-refractivity contribution in [2.75, 3.05) is 16.8 Å². The molecule has 0 fully saturated rings. The highest BCUT2D eigenvalue weighted by Gasteiger charge is 2.23. The van der Waals surface area contributed by atoms with Gasteiger partial charge in [0, 0.05) is 28.8 Å². The van der Waals surface area contributed by atoms with Crippen molar-refractivity contribution in [3.8, 4) is 0 Å². The molecule has 2 aromatic carbocycles. The van der Waals surface area contributed by atoms with Gasteiger partial charge in [-0.1, -0.05) is 41.2 Å². The zero-order valence-electron chi connectivity index (χ0n) is 13.7. The van der Waals surface area contributed by atoms with Crippen LogP contribution in [0.2, 0.25) is 0 Å². The number of hydrogen-bond donors (Lipinski definition) is 1. The molecule has 3 aromatic rings. The fraction of sp³-hybridized carbons (Fsp3) is 0.158. The Morgan fingerprint density at radius 3 is 2.36 bits per heavy atom. The van der Waals surface area contributed by atoms with E-state index in [1.165, 1.54) is 9.79 Å². The highest BCUT2D eigenvalue weighted by atomic mass is 32.2. The number of amides is 1. The Morgan fingerprint density at radius 2 is 1.76 bits per heavy atom. The smallest absolute Gasteiger partial charge is 0.227 e. The van der Waals surface area contributed by atoms with Crippen LogP contribution in [0.4, 0.5) is 17.2 Å². The van der Waals surface area contributed by atoms with Crippen LogP contribution in [0.15, 0.2) is 68.9 Å². The summed E-state index contributed by atoms with van der Waals surface area (Å²) in [5.41, 5.74) is 2.27. The maximum absolute atomic E-state index is 12.3. The van der Waals surface area contributed by atoms with Crippen molar-refractivity contribution in [1.29, 1.82) is 0 Å². The second-order valence-electron chi connectivity index (χ2n) is 5.81. The van der Waals surface area contributed by atoms with E-state index in [0.717, 1.165) is 11.4 Å². The Kier molecular flexibility index (Phi) is 4.19. The van der Waals surface area contributed by atoms with E-state index in [2.05, 4.69) is 39.6 Å². The molecule has 0 bridgehead atoms. The Morgan fingerprint density at radius 1 is 1.12 bits per heavy atom. The maximum Gasteiger partial charge on any atom is 0.227 e. The lowest BCUT2D eigenvalue weighted by molar-refractivity contribution is -0.116. The van der Waals surface area contributed by atoms with Gasteiger partial charge in [-0.05, 0) is 31.2 Å². The largest absolute Gasteiger partial charge is 0.360 e. The molecule has 0 unspecified atom stereocenters. The molecule has 4 rings (SSSR count). The minimum atomic E-state index is -0.0820. The molecule has 0 spiro atoms. The minimum absolute atomic E-state index is 0.0820. The van der Waals surface area contributed by atoms with E-state index in [1.807, 2.05) is 24.3 Å². The van der Waals surface area contributed by atoms with E-state index in [-0.39, 0.29) is 5.91 Å². The highest BCUT2D eigenvalue weighted by Crippen LogP contribution is 2.47. The molecular formula is C19H17N3O2S. The number of nitrogens with one attached hydrogen (secondary N) is 1. The fourth-order valence-corrected chi connectivity index (χ4v) is 3.96. The Balaban J connectivity index is 1.53. The van der Waals surface area contributed by atoms with Crippen LogP contribution in [0.1, 0.15) is 12.2 Å². The summed E-state index contributed by atoms with van der Waals surface area (Å²) in [5, 5.41) is 6.57. The summed E-state index contributed by atoms with van der Waals surface area (Å²) >= 11 is 1.76. The first-order chi connectivity index (χ1) is 12.2. The molecule has 0 saturated carbocycles. The monoisotopic (exact) mass is 351 g/mol. The number of hydrogen-bond acceptors (Lipinski definition) is 5. The Bertz CT molecular complexity index is 877. The van der Waals surface area contributed by atoms with E-state index in [1.54, 1.807) is 24.8 Å². The van der Waals surface area contributed by atoms with Gasteiger partial charge in [-0.3, -0.25) is 4.79 Å². The first-order valence-electron chi connectivity index (χ1n) is 8.07. The number of para-hydroxylation sites is 2. The molecule has 5 nitrogen and oxygen atoms in total. The van der Waals surface area contributed by atoms with Gasteiger partial charge in [0.2, 0.25) is 5.91 Å². The normalized spacial score (nSPS) is 12.4. The van der Waals surface area contributed by atoms with Crippen LogP contribution >= 0.6 is 11.8 Å². The van der Waals surface area contributed by atoms with Gasteiger partial charge in [0.15, 0.2) is 5.82 Å². The van der Waals surface area contributed by atoms with Crippen molar-refractivity contribution in [2.24, 2.45) is 0 Å². The number of nitrogens with zero attached hydrogens (tertiary/aromatic N) is 2. The van der Waals surface area contributed by atoms with Gasteiger partial charge in [-0.2, -0.15) is 0 Å². The van der Waals surface area contributed by atoms with E-state index < -0.39 is 0 Å². The van der Waals surface area contributed by atoms with Crippen LogP contribution in [0.5, 0.6) is 0 Å². The topological polar surface area (TPSA) is 58.4 Å². The minimum Gasteiger partial charge on any atom is -0.360 e. The molecule has 6 heteroatoms. The molecule has 126 valence electrons. The number of fused-ring (bicyclic) bond motifs is 2. The third-order valence-corrected chi connectivity index (χ3v) is 5.12. The quantitative estimate of drug-likeness (QED) is 0.743. The first kappa shape index (κ1) is 15.8. The SMILES string of the molecule is Cc1cc(NC(=O)CCN2c3ccccc3Sc3ccccc32)no1.